The molecule has 0 aromatic heterocycles. The van der Waals surface area contributed by atoms with Crippen molar-refractivity contribution in [3.63, 3.8) is 0 Å². The van der Waals surface area contributed by atoms with E-state index in [4.69, 9.17) is 39.5 Å². The Morgan fingerprint density at radius 2 is 1.92 bits per heavy atom. The normalized spacial score (nSPS) is 10.5. The van der Waals surface area contributed by atoms with Crippen molar-refractivity contribution in [3.05, 3.63) is 62.6 Å². The molecule has 0 aliphatic rings. The van der Waals surface area contributed by atoms with Crippen LogP contribution in [0, 0.1) is 0 Å². The lowest BCUT2D eigenvalue weighted by molar-refractivity contribution is 0.0953. The first-order chi connectivity index (χ1) is 11.5. The van der Waals surface area contributed by atoms with Gasteiger partial charge in [-0.05, 0) is 35.9 Å². The molecule has 0 saturated heterocycles. The van der Waals surface area contributed by atoms with E-state index in [1.165, 1.54) is 7.11 Å². The van der Waals surface area contributed by atoms with E-state index in [9.17, 15) is 4.79 Å². The first kappa shape index (κ1) is 19.3. The Bertz CT molecular complexity index is 725. The Hall–Kier alpha value is -1.07. The first-order valence-electron chi connectivity index (χ1n) is 7.14. The van der Waals surface area contributed by atoms with Gasteiger partial charge in [0.15, 0.2) is 0 Å². The average Bonchev–Trinajstić information content (AvgIpc) is 2.57. The number of ether oxygens (including phenoxy) is 1. The lowest BCUT2D eigenvalue weighted by Crippen LogP contribution is -2.26. The number of carbonyl (C=O) groups excluding carboxylic acids is 1. The molecular formula is C17H16Cl3NO2S. The maximum atomic E-state index is 12.2. The van der Waals surface area contributed by atoms with Crippen LogP contribution in [0.4, 0.5) is 0 Å². The predicted molar refractivity (Wildman–Crippen MR) is 103 cm³/mol. The fourth-order valence-corrected chi connectivity index (χ4v) is 3.31. The summed E-state index contributed by atoms with van der Waals surface area (Å²) >= 11 is 19.5. The average molecular weight is 405 g/mol. The Morgan fingerprint density at radius 3 is 2.62 bits per heavy atom. The second-order valence-corrected chi connectivity index (χ2v) is 7.26. The van der Waals surface area contributed by atoms with E-state index in [1.807, 2.05) is 12.1 Å². The Kier molecular flexibility index (Phi) is 7.56. The number of halogens is 3. The zero-order chi connectivity index (χ0) is 17.5. The van der Waals surface area contributed by atoms with Crippen LogP contribution in [0.3, 0.4) is 0 Å². The van der Waals surface area contributed by atoms with Crippen molar-refractivity contribution < 1.29 is 9.53 Å². The van der Waals surface area contributed by atoms with Gasteiger partial charge in [0, 0.05) is 23.1 Å². The van der Waals surface area contributed by atoms with Crippen LogP contribution < -0.4 is 10.1 Å². The molecule has 2 rings (SSSR count). The van der Waals surface area contributed by atoms with E-state index in [1.54, 1.807) is 36.0 Å². The second-order valence-electron chi connectivity index (χ2n) is 4.90. The fraction of sp³-hybridized carbons (Fsp3) is 0.235. The standard InChI is InChI=1S/C17H16Cl3NO2S/c1-23-16-5-3-12(18)9-13(16)17(22)21-6-7-24-10-11-2-4-14(19)15(20)8-11/h2-5,8-9H,6-7,10H2,1H3,(H,21,22). The molecule has 128 valence electrons. The van der Waals surface area contributed by atoms with Crippen LogP contribution in [-0.4, -0.2) is 25.3 Å². The third-order valence-corrected chi connectivity index (χ3v) is 5.20. The number of amides is 1. The molecule has 0 unspecified atom stereocenters. The Balaban J connectivity index is 1.79. The van der Waals surface area contributed by atoms with Crippen molar-refractivity contribution in [1.29, 1.82) is 0 Å². The topological polar surface area (TPSA) is 38.3 Å². The number of benzene rings is 2. The maximum absolute atomic E-state index is 12.2. The smallest absolute Gasteiger partial charge is 0.255 e. The van der Waals surface area contributed by atoms with Crippen molar-refractivity contribution in [2.75, 3.05) is 19.4 Å². The molecule has 0 radical (unpaired) electrons. The first-order valence-corrected chi connectivity index (χ1v) is 9.43. The number of rotatable bonds is 7. The van der Waals surface area contributed by atoms with Crippen LogP contribution in [0.5, 0.6) is 5.75 Å². The maximum Gasteiger partial charge on any atom is 0.255 e. The lowest BCUT2D eigenvalue weighted by atomic mass is 10.2. The van der Waals surface area contributed by atoms with Crippen molar-refractivity contribution in [2.45, 2.75) is 5.75 Å². The lowest BCUT2D eigenvalue weighted by Gasteiger charge is -2.10. The molecule has 0 atom stereocenters. The molecule has 2 aromatic carbocycles. The van der Waals surface area contributed by atoms with Crippen LogP contribution in [0.15, 0.2) is 36.4 Å². The van der Waals surface area contributed by atoms with Crippen molar-refractivity contribution in [1.82, 2.24) is 5.32 Å². The molecule has 7 heteroatoms. The summed E-state index contributed by atoms with van der Waals surface area (Å²) in [5.74, 6) is 1.87. The van der Waals surface area contributed by atoms with Crippen LogP contribution in [-0.2, 0) is 5.75 Å². The van der Waals surface area contributed by atoms with Gasteiger partial charge in [-0.25, -0.2) is 0 Å². The van der Waals surface area contributed by atoms with Crippen LogP contribution in [0.1, 0.15) is 15.9 Å². The summed E-state index contributed by atoms with van der Waals surface area (Å²) in [5.41, 5.74) is 1.52. The highest BCUT2D eigenvalue weighted by Crippen LogP contribution is 2.25. The minimum atomic E-state index is -0.204. The zero-order valence-electron chi connectivity index (χ0n) is 12.9. The predicted octanol–water partition coefficient (Wildman–Crippen LogP) is 5.32. The fourth-order valence-electron chi connectivity index (χ4n) is 2.01. The molecule has 0 spiro atoms. The van der Waals surface area contributed by atoms with E-state index < -0.39 is 0 Å². The zero-order valence-corrected chi connectivity index (χ0v) is 16.0. The van der Waals surface area contributed by atoms with Crippen LogP contribution in [0.25, 0.3) is 0 Å². The summed E-state index contributed by atoms with van der Waals surface area (Å²) in [6.45, 7) is 0.542. The van der Waals surface area contributed by atoms with Gasteiger partial charge in [0.2, 0.25) is 0 Å². The minimum absolute atomic E-state index is 0.204. The molecule has 24 heavy (non-hydrogen) atoms. The van der Waals surface area contributed by atoms with Crippen LogP contribution >= 0.6 is 46.6 Å². The number of thioether (sulfide) groups is 1. The van der Waals surface area contributed by atoms with Gasteiger partial charge in [0.25, 0.3) is 5.91 Å². The molecule has 3 nitrogen and oxygen atoms in total. The molecule has 0 heterocycles. The van der Waals surface area contributed by atoms with E-state index in [-0.39, 0.29) is 5.91 Å². The van der Waals surface area contributed by atoms with Crippen molar-refractivity contribution >= 4 is 52.5 Å². The van der Waals surface area contributed by atoms with Crippen molar-refractivity contribution in [2.24, 2.45) is 0 Å². The molecule has 1 N–H and O–H groups in total. The van der Waals surface area contributed by atoms with E-state index in [2.05, 4.69) is 5.32 Å². The van der Waals surface area contributed by atoms with E-state index >= 15 is 0 Å². The van der Waals surface area contributed by atoms with Crippen LogP contribution in [0.2, 0.25) is 15.1 Å². The molecule has 0 bridgehead atoms. The largest absolute Gasteiger partial charge is 0.496 e. The summed E-state index contributed by atoms with van der Waals surface area (Å²) in [6.07, 6.45) is 0. The summed E-state index contributed by atoms with van der Waals surface area (Å²) in [4.78, 5) is 12.2. The molecular weight excluding hydrogens is 389 g/mol. The summed E-state index contributed by atoms with van der Waals surface area (Å²) in [7, 11) is 1.52. The minimum Gasteiger partial charge on any atom is -0.496 e. The van der Waals surface area contributed by atoms with E-state index in [0.29, 0.717) is 32.9 Å². The molecule has 0 saturated carbocycles. The quantitative estimate of drug-likeness (QED) is 0.635. The number of hydrogen-bond donors (Lipinski definition) is 1. The van der Waals surface area contributed by atoms with Gasteiger partial charge in [0.1, 0.15) is 5.75 Å². The van der Waals surface area contributed by atoms with Gasteiger partial charge >= 0.3 is 0 Å². The SMILES string of the molecule is COc1ccc(Cl)cc1C(=O)NCCSCc1ccc(Cl)c(Cl)c1. The number of nitrogens with one attached hydrogen (secondary N) is 1. The Labute approximate surface area is 160 Å². The highest BCUT2D eigenvalue weighted by molar-refractivity contribution is 7.98. The third-order valence-electron chi connectivity index (χ3n) is 3.19. The van der Waals surface area contributed by atoms with Gasteiger partial charge in [-0.3, -0.25) is 4.79 Å². The molecule has 2 aromatic rings. The number of methoxy groups -OCH3 is 1. The molecule has 0 aliphatic carbocycles. The van der Waals surface area contributed by atoms with Gasteiger partial charge in [-0.1, -0.05) is 40.9 Å². The Morgan fingerprint density at radius 1 is 1.12 bits per heavy atom. The third kappa shape index (κ3) is 5.49. The monoisotopic (exact) mass is 403 g/mol. The van der Waals surface area contributed by atoms with Gasteiger partial charge in [0.05, 0.1) is 22.7 Å². The second kappa shape index (κ2) is 9.42. The van der Waals surface area contributed by atoms with Crippen molar-refractivity contribution in [3.8, 4) is 5.75 Å². The number of carbonyl (C=O) groups is 1. The van der Waals surface area contributed by atoms with Gasteiger partial charge in [-0.2, -0.15) is 11.8 Å². The highest BCUT2D eigenvalue weighted by Gasteiger charge is 2.12. The molecule has 0 fully saturated rings. The number of hydrogen-bond acceptors (Lipinski definition) is 3. The molecule has 0 aliphatic heterocycles. The summed E-state index contributed by atoms with van der Waals surface area (Å²) in [6, 6.07) is 10.5. The van der Waals surface area contributed by atoms with E-state index in [0.717, 1.165) is 17.1 Å². The molecule has 1 amide bonds. The van der Waals surface area contributed by atoms with Gasteiger partial charge < -0.3 is 10.1 Å². The summed E-state index contributed by atoms with van der Waals surface area (Å²) < 4.78 is 5.18. The highest BCUT2D eigenvalue weighted by atomic mass is 35.5. The summed E-state index contributed by atoms with van der Waals surface area (Å²) in [5, 5.41) is 4.46. The van der Waals surface area contributed by atoms with Gasteiger partial charge in [-0.15, -0.1) is 0 Å².